The van der Waals surface area contributed by atoms with Crippen LogP contribution in [0.5, 0.6) is 11.5 Å². The van der Waals surface area contributed by atoms with E-state index in [1.165, 1.54) is 7.11 Å². The normalized spacial score (nSPS) is 15.7. The second kappa shape index (κ2) is 7.85. The average Bonchev–Trinajstić information content (AvgIpc) is 2.91. The van der Waals surface area contributed by atoms with Crippen LogP contribution >= 0.6 is 23.4 Å². The van der Waals surface area contributed by atoms with Crippen molar-refractivity contribution in [3.05, 3.63) is 58.0 Å². The molecule has 0 unspecified atom stereocenters. The highest BCUT2D eigenvalue weighted by Gasteiger charge is 2.36. The fraction of sp³-hybridized carbons (Fsp3) is 0.158. The van der Waals surface area contributed by atoms with E-state index >= 15 is 0 Å². The molecule has 1 aliphatic rings. The minimum absolute atomic E-state index is 0.320. The van der Waals surface area contributed by atoms with Crippen molar-refractivity contribution in [2.75, 3.05) is 18.6 Å². The van der Waals surface area contributed by atoms with Gasteiger partial charge in [0.1, 0.15) is 0 Å². The Kier molecular flexibility index (Phi) is 5.54. The van der Waals surface area contributed by atoms with E-state index in [1.54, 1.807) is 42.5 Å². The molecular formula is C19H16ClNO4S. The molecule has 1 fully saturated rings. The molecule has 0 aromatic heterocycles. The minimum atomic E-state index is -0.366. The summed E-state index contributed by atoms with van der Waals surface area (Å²) >= 11 is 7.15. The smallest absolute Gasteiger partial charge is 0.298 e. The van der Waals surface area contributed by atoms with E-state index in [0.29, 0.717) is 39.3 Å². The first-order chi connectivity index (χ1) is 12.5. The molecule has 0 bridgehead atoms. The molecule has 0 spiro atoms. The number of amides is 2. The van der Waals surface area contributed by atoms with Gasteiger partial charge in [-0.05, 0) is 54.6 Å². The van der Waals surface area contributed by atoms with E-state index in [-0.39, 0.29) is 11.1 Å². The Morgan fingerprint density at radius 3 is 2.58 bits per heavy atom. The molecule has 26 heavy (non-hydrogen) atoms. The Morgan fingerprint density at radius 1 is 1.19 bits per heavy atom. The van der Waals surface area contributed by atoms with Gasteiger partial charge in [0.15, 0.2) is 11.5 Å². The Labute approximate surface area is 160 Å². The zero-order chi connectivity index (χ0) is 18.7. The predicted molar refractivity (Wildman–Crippen MR) is 104 cm³/mol. The molecule has 0 saturated carbocycles. The second-order valence-electron chi connectivity index (χ2n) is 5.32. The maximum absolute atomic E-state index is 12.7. The van der Waals surface area contributed by atoms with Gasteiger partial charge in [-0.1, -0.05) is 29.8 Å². The van der Waals surface area contributed by atoms with E-state index < -0.39 is 0 Å². The van der Waals surface area contributed by atoms with Crippen LogP contribution in [0.1, 0.15) is 12.5 Å². The van der Waals surface area contributed by atoms with Crippen LogP contribution in [-0.2, 0) is 4.79 Å². The molecule has 5 nitrogen and oxygen atoms in total. The molecule has 2 aromatic rings. The Morgan fingerprint density at radius 2 is 1.92 bits per heavy atom. The molecule has 7 heteroatoms. The van der Waals surface area contributed by atoms with Crippen molar-refractivity contribution in [1.29, 1.82) is 0 Å². The van der Waals surface area contributed by atoms with Gasteiger partial charge in [0.05, 0.1) is 29.3 Å². The third-order valence-corrected chi connectivity index (χ3v) is 4.80. The lowest BCUT2D eigenvalue weighted by atomic mass is 10.1. The van der Waals surface area contributed by atoms with Gasteiger partial charge >= 0.3 is 0 Å². The number of carbonyl (C=O) groups is 2. The summed E-state index contributed by atoms with van der Waals surface area (Å²) in [6, 6.07) is 12.2. The predicted octanol–water partition coefficient (Wildman–Crippen LogP) is 4.99. The lowest BCUT2D eigenvalue weighted by Gasteiger charge is -2.12. The van der Waals surface area contributed by atoms with Gasteiger partial charge in [-0.25, -0.2) is 4.90 Å². The Balaban J connectivity index is 1.95. The third kappa shape index (κ3) is 3.57. The molecule has 0 radical (unpaired) electrons. The van der Waals surface area contributed by atoms with Crippen LogP contribution in [0.3, 0.4) is 0 Å². The first-order valence-corrected chi connectivity index (χ1v) is 9.08. The zero-order valence-electron chi connectivity index (χ0n) is 14.2. The van der Waals surface area contributed by atoms with Crippen LogP contribution in [0.15, 0.2) is 47.4 Å². The number of hydrogen-bond donors (Lipinski definition) is 0. The fourth-order valence-electron chi connectivity index (χ4n) is 2.53. The van der Waals surface area contributed by atoms with Crippen LogP contribution in [0.4, 0.5) is 10.5 Å². The number of carbonyl (C=O) groups excluding carboxylic acids is 2. The summed E-state index contributed by atoms with van der Waals surface area (Å²) in [6.07, 6.45) is 1.62. The van der Waals surface area contributed by atoms with Crippen molar-refractivity contribution >= 4 is 46.3 Å². The molecule has 0 aliphatic carbocycles. The van der Waals surface area contributed by atoms with Gasteiger partial charge < -0.3 is 9.47 Å². The average molecular weight is 390 g/mol. The lowest BCUT2D eigenvalue weighted by Crippen LogP contribution is -2.27. The molecule has 134 valence electrons. The van der Waals surface area contributed by atoms with Crippen LogP contribution < -0.4 is 14.4 Å². The summed E-state index contributed by atoms with van der Waals surface area (Å²) < 4.78 is 10.8. The Hall–Kier alpha value is -2.44. The summed E-state index contributed by atoms with van der Waals surface area (Å²) in [6.45, 7) is 2.30. The van der Waals surface area contributed by atoms with Crippen molar-refractivity contribution in [2.45, 2.75) is 6.92 Å². The standard InChI is InChI=1S/C19H16ClNO4S/c1-3-25-17-14(20)9-12(10-15(17)24-2)11-16-18(22)21(19(23)26-16)13-7-5-4-6-8-13/h4-11H,3H2,1-2H3. The molecule has 2 aromatic carbocycles. The topological polar surface area (TPSA) is 55.8 Å². The highest BCUT2D eigenvalue weighted by Crippen LogP contribution is 2.39. The zero-order valence-corrected chi connectivity index (χ0v) is 15.8. The number of benzene rings is 2. The molecule has 2 amide bonds. The number of methoxy groups -OCH3 is 1. The van der Waals surface area contributed by atoms with E-state index in [2.05, 4.69) is 0 Å². The van der Waals surface area contributed by atoms with Gasteiger partial charge in [-0.2, -0.15) is 0 Å². The van der Waals surface area contributed by atoms with Crippen molar-refractivity contribution in [1.82, 2.24) is 0 Å². The second-order valence-corrected chi connectivity index (χ2v) is 6.72. The Bertz CT molecular complexity index is 883. The number of thioether (sulfide) groups is 1. The molecular weight excluding hydrogens is 374 g/mol. The number of halogens is 1. The van der Waals surface area contributed by atoms with Crippen molar-refractivity contribution in [3.8, 4) is 11.5 Å². The van der Waals surface area contributed by atoms with Gasteiger partial charge in [0.25, 0.3) is 11.1 Å². The van der Waals surface area contributed by atoms with Crippen LogP contribution in [-0.4, -0.2) is 24.9 Å². The van der Waals surface area contributed by atoms with E-state index in [9.17, 15) is 9.59 Å². The quantitative estimate of drug-likeness (QED) is 0.674. The van der Waals surface area contributed by atoms with Crippen molar-refractivity contribution < 1.29 is 19.1 Å². The van der Waals surface area contributed by atoms with E-state index in [1.807, 2.05) is 13.0 Å². The van der Waals surface area contributed by atoms with Gasteiger partial charge in [0, 0.05) is 0 Å². The monoisotopic (exact) mass is 389 g/mol. The number of imide groups is 1. The maximum atomic E-state index is 12.7. The SMILES string of the molecule is CCOc1c(Cl)cc(C=C2SC(=O)N(c3ccccc3)C2=O)cc1OC. The fourth-order valence-corrected chi connectivity index (χ4v) is 3.64. The van der Waals surface area contributed by atoms with Crippen LogP contribution in [0.2, 0.25) is 5.02 Å². The number of rotatable bonds is 5. The van der Waals surface area contributed by atoms with Crippen molar-refractivity contribution in [2.24, 2.45) is 0 Å². The van der Waals surface area contributed by atoms with Gasteiger partial charge in [-0.15, -0.1) is 0 Å². The first-order valence-electron chi connectivity index (χ1n) is 7.88. The number of nitrogens with zero attached hydrogens (tertiary/aromatic N) is 1. The highest BCUT2D eigenvalue weighted by molar-refractivity contribution is 8.19. The van der Waals surface area contributed by atoms with Crippen LogP contribution in [0, 0.1) is 0 Å². The lowest BCUT2D eigenvalue weighted by molar-refractivity contribution is -0.113. The molecule has 3 rings (SSSR count). The highest BCUT2D eigenvalue weighted by atomic mass is 35.5. The maximum Gasteiger partial charge on any atom is 0.298 e. The minimum Gasteiger partial charge on any atom is -0.493 e. The number of para-hydroxylation sites is 1. The third-order valence-electron chi connectivity index (χ3n) is 3.65. The summed E-state index contributed by atoms with van der Waals surface area (Å²) in [5.41, 5.74) is 1.19. The molecule has 0 N–H and O–H groups in total. The van der Waals surface area contributed by atoms with Crippen molar-refractivity contribution in [3.63, 3.8) is 0 Å². The molecule has 1 aliphatic heterocycles. The number of anilines is 1. The van der Waals surface area contributed by atoms with Crippen LogP contribution in [0.25, 0.3) is 6.08 Å². The largest absolute Gasteiger partial charge is 0.493 e. The summed E-state index contributed by atoms with van der Waals surface area (Å²) in [5.74, 6) is 0.550. The van der Waals surface area contributed by atoms with Gasteiger partial charge in [-0.3, -0.25) is 9.59 Å². The first kappa shape index (κ1) is 18.4. The van der Waals surface area contributed by atoms with E-state index in [4.69, 9.17) is 21.1 Å². The summed E-state index contributed by atoms with van der Waals surface area (Å²) in [4.78, 5) is 26.4. The summed E-state index contributed by atoms with van der Waals surface area (Å²) in [5, 5.41) is 0.0381. The molecule has 1 heterocycles. The van der Waals surface area contributed by atoms with Gasteiger partial charge in [0.2, 0.25) is 0 Å². The number of ether oxygens (including phenoxy) is 2. The molecule has 1 saturated heterocycles. The summed E-state index contributed by atoms with van der Waals surface area (Å²) in [7, 11) is 1.52. The molecule has 0 atom stereocenters. The number of hydrogen-bond acceptors (Lipinski definition) is 5. The van der Waals surface area contributed by atoms with E-state index in [0.717, 1.165) is 16.7 Å².